The van der Waals surface area contributed by atoms with E-state index < -0.39 is 12.0 Å². The maximum Gasteiger partial charge on any atom is 0.307 e. The van der Waals surface area contributed by atoms with E-state index in [9.17, 15) is 15.0 Å². The van der Waals surface area contributed by atoms with Gasteiger partial charge in [-0.2, -0.15) is 0 Å². The molecule has 0 bridgehead atoms. The van der Waals surface area contributed by atoms with E-state index in [1.807, 2.05) is 30.3 Å². The van der Waals surface area contributed by atoms with E-state index in [0.29, 0.717) is 23.3 Å². The first kappa shape index (κ1) is 25.3. The third-order valence-corrected chi connectivity index (χ3v) is 8.00. The monoisotopic (exact) mass is 500 g/mol. The number of anilines is 1. The molecule has 1 saturated heterocycles. The second-order valence-corrected chi connectivity index (χ2v) is 10.6. The molecule has 3 aromatic rings. The Balaban J connectivity index is 1.46. The Morgan fingerprint density at radius 2 is 1.81 bits per heavy atom. The zero-order valence-electron chi connectivity index (χ0n) is 21.2. The first-order valence-electron chi connectivity index (χ1n) is 13.2. The molecule has 1 aliphatic heterocycles. The summed E-state index contributed by atoms with van der Waals surface area (Å²) < 4.78 is 6.17. The van der Waals surface area contributed by atoms with Crippen molar-refractivity contribution < 1.29 is 19.7 Å². The Kier molecular flexibility index (Phi) is 7.49. The highest BCUT2D eigenvalue weighted by atomic mass is 16.5. The van der Waals surface area contributed by atoms with E-state index in [2.05, 4.69) is 35.2 Å². The number of aliphatic carboxylic acids is 1. The van der Waals surface area contributed by atoms with Crippen molar-refractivity contribution in [3.63, 3.8) is 0 Å². The molecule has 1 aliphatic carbocycles. The number of hydrogen-bond donors (Lipinski definition) is 3. The zero-order valence-corrected chi connectivity index (χ0v) is 21.2. The number of carboxylic acid groups (broad SMARTS) is 1. The summed E-state index contributed by atoms with van der Waals surface area (Å²) in [5.74, 6) is -0.282. The summed E-state index contributed by atoms with van der Waals surface area (Å²) in [5, 5.41) is 18.8. The van der Waals surface area contributed by atoms with Crippen LogP contribution in [0.15, 0.2) is 66.7 Å². The lowest BCUT2D eigenvalue weighted by atomic mass is 9.86. The fourth-order valence-corrected chi connectivity index (χ4v) is 5.96. The van der Waals surface area contributed by atoms with Crippen molar-refractivity contribution in [1.29, 1.82) is 0 Å². The van der Waals surface area contributed by atoms with Crippen LogP contribution in [-0.2, 0) is 17.8 Å². The van der Waals surface area contributed by atoms with Crippen LogP contribution < -0.4 is 15.4 Å². The molecule has 0 amide bonds. The third-order valence-electron chi connectivity index (χ3n) is 8.00. The van der Waals surface area contributed by atoms with Gasteiger partial charge in [-0.15, -0.1) is 0 Å². The predicted octanol–water partition coefficient (Wildman–Crippen LogP) is 5.32. The van der Waals surface area contributed by atoms with E-state index in [1.165, 1.54) is 37.8 Å². The van der Waals surface area contributed by atoms with Crippen molar-refractivity contribution in [2.75, 3.05) is 24.6 Å². The maximum atomic E-state index is 11.3. The molecule has 2 fully saturated rings. The largest absolute Gasteiger partial charge is 0.489 e. The van der Waals surface area contributed by atoms with Crippen LogP contribution in [-0.4, -0.2) is 35.9 Å². The molecule has 4 N–H and O–H groups in total. The highest BCUT2D eigenvalue weighted by molar-refractivity contribution is 5.72. The van der Waals surface area contributed by atoms with Gasteiger partial charge in [0.15, 0.2) is 0 Å². The molecular formula is C31H36N2O4. The van der Waals surface area contributed by atoms with Gasteiger partial charge in [-0.05, 0) is 77.3 Å². The summed E-state index contributed by atoms with van der Waals surface area (Å²) in [6.45, 7) is 2.38. The normalized spacial score (nSPS) is 17.3. The molecule has 3 aromatic carbocycles. The standard InChI is InChI=1S/C31H36N2O4/c32-28(19-34)24-8-5-7-23(16-24)26-14-22(20-37-29-9-2-1-6-25(29)18-30(35)36)15-27(17-26)33-13-12-31(21-33)10-3-4-11-31/h1-2,5-9,14-17,28,34H,3-4,10-13,18-21,32H2,(H,35,36)/t28-/m0/s1. The minimum atomic E-state index is -0.879. The van der Waals surface area contributed by atoms with Gasteiger partial charge in [0.05, 0.1) is 19.1 Å². The van der Waals surface area contributed by atoms with E-state index in [-0.39, 0.29) is 13.0 Å². The van der Waals surface area contributed by atoms with Gasteiger partial charge in [0, 0.05) is 24.3 Å². The molecule has 6 heteroatoms. The highest BCUT2D eigenvalue weighted by Crippen LogP contribution is 2.46. The van der Waals surface area contributed by atoms with Crippen LogP contribution in [0.5, 0.6) is 5.75 Å². The molecule has 1 spiro atoms. The average Bonchev–Trinajstić information content (AvgIpc) is 3.56. The first-order valence-corrected chi connectivity index (χ1v) is 13.2. The smallest absolute Gasteiger partial charge is 0.307 e. The summed E-state index contributed by atoms with van der Waals surface area (Å²) in [5.41, 5.74) is 12.5. The van der Waals surface area contributed by atoms with Crippen LogP contribution in [0.2, 0.25) is 0 Å². The number of carboxylic acids is 1. The van der Waals surface area contributed by atoms with Crippen LogP contribution in [0.3, 0.4) is 0 Å². The van der Waals surface area contributed by atoms with Gasteiger partial charge in [-0.25, -0.2) is 0 Å². The Labute approximate surface area is 218 Å². The minimum absolute atomic E-state index is 0.0742. The second kappa shape index (κ2) is 11.0. The van der Waals surface area contributed by atoms with Crippen LogP contribution in [0, 0.1) is 5.41 Å². The lowest BCUT2D eigenvalue weighted by Crippen LogP contribution is -2.25. The number of aliphatic hydroxyl groups excluding tert-OH is 1. The predicted molar refractivity (Wildman–Crippen MR) is 146 cm³/mol. The highest BCUT2D eigenvalue weighted by Gasteiger charge is 2.40. The van der Waals surface area contributed by atoms with Crippen LogP contribution in [0.25, 0.3) is 11.1 Å². The summed E-state index contributed by atoms with van der Waals surface area (Å²) >= 11 is 0. The number of ether oxygens (including phenoxy) is 1. The molecule has 194 valence electrons. The Morgan fingerprint density at radius 3 is 2.59 bits per heavy atom. The van der Waals surface area contributed by atoms with Crippen LogP contribution >= 0.6 is 0 Å². The van der Waals surface area contributed by atoms with Crippen molar-refractivity contribution in [3.8, 4) is 16.9 Å². The maximum absolute atomic E-state index is 11.3. The quantitative estimate of drug-likeness (QED) is 0.368. The van der Waals surface area contributed by atoms with Crippen LogP contribution in [0.1, 0.15) is 54.8 Å². The number of benzene rings is 3. The van der Waals surface area contributed by atoms with Gasteiger partial charge in [0.25, 0.3) is 0 Å². The van der Waals surface area contributed by atoms with Gasteiger partial charge >= 0.3 is 5.97 Å². The van der Waals surface area contributed by atoms with Gasteiger partial charge in [0.1, 0.15) is 12.4 Å². The van der Waals surface area contributed by atoms with E-state index >= 15 is 0 Å². The van der Waals surface area contributed by atoms with Crippen molar-refractivity contribution >= 4 is 11.7 Å². The molecular weight excluding hydrogens is 464 g/mol. The number of rotatable bonds is 9. The minimum Gasteiger partial charge on any atom is -0.489 e. The van der Waals surface area contributed by atoms with Gasteiger partial charge < -0.3 is 25.6 Å². The third kappa shape index (κ3) is 5.81. The molecule has 37 heavy (non-hydrogen) atoms. The lowest BCUT2D eigenvalue weighted by molar-refractivity contribution is -0.136. The van der Waals surface area contributed by atoms with Crippen molar-refractivity contribution in [2.45, 2.75) is 51.2 Å². The summed E-state index contributed by atoms with van der Waals surface area (Å²) in [6.07, 6.45) is 6.48. The van der Waals surface area contributed by atoms with Gasteiger partial charge in [-0.1, -0.05) is 49.2 Å². The Bertz CT molecular complexity index is 1250. The molecule has 1 saturated carbocycles. The Hall–Kier alpha value is -3.35. The number of nitrogens with two attached hydrogens (primary N) is 1. The van der Waals surface area contributed by atoms with Crippen molar-refractivity contribution in [3.05, 3.63) is 83.4 Å². The van der Waals surface area contributed by atoms with Gasteiger partial charge in [-0.3, -0.25) is 4.79 Å². The molecule has 0 unspecified atom stereocenters. The van der Waals surface area contributed by atoms with E-state index in [4.69, 9.17) is 10.5 Å². The molecule has 2 aliphatic rings. The summed E-state index contributed by atoms with van der Waals surface area (Å²) in [6, 6.07) is 21.5. The fourth-order valence-electron chi connectivity index (χ4n) is 5.96. The molecule has 1 heterocycles. The number of nitrogens with zero attached hydrogens (tertiary/aromatic N) is 1. The lowest BCUT2D eigenvalue weighted by Gasteiger charge is -2.25. The van der Waals surface area contributed by atoms with Gasteiger partial charge in [0.2, 0.25) is 0 Å². The molecule has 0 aromatic heterocycles. The number of hydrogen-bond acceptors (Lipinski definition) is 5. The number of para-hydroxylation sites is 1. The average molecular weight is 501 g/mol. The Morgan fingerprint density at radius 1 is 1.00 bits per heavy atom. The van der Waals surface area contributed by atoms with E-state index in [1.54, 1.807) is 6.07 Å². The van der Waals surface area contributed by atoms with E-state index in [0.717, 1.165) is 35.3 Å². The molecule has 5 rings (SSSR count). The SMILES string of the molecule is N[C@@H](CO)c1cccc(-c2cc(COc3ccccc3CC(=O)O)cc(N3CCC4(CCCC4)C3)c2)c1. The molecule has 6 nitrogen and oxygen atoms in total. The fraction of sp³-hybridized carbons (Fsp3) is 0.387. The van der Waals surface area contributed by atoms with Crippen molar-refractivity contribution in [2.24, 2.45) is 11.1 Å². The zero-order chi connectivity index (χ0) is 25.8. The van der Waals surface area contributed by atoms with Crippen LogP contribution in [0.4, 0.5) is 5.69 Å². The topological polar surface area (TPSA) is 96.0 Å². The number of aliphatic hydroxyl groups is 1. The second-order valence-electron chi connectivity index (χ2n) is 10.6. The molecule has 0 radical (unpaired) electrons. The summed E-state index contributed by atoms with van der Waals surface area (Å²) in [4.78, 5) is 13.8. The van der Waals surface area contributed by atoms with Crippen molar-refractivity contribution in [1.82, 2.24) is 0 Å². The molecule has 1 atom stereocenters. The first-order chi connectivity index (χ1) is 17.9. The summed E-state index contributed by atoms with van der Waals surface area (Å²) in [7, 11) is 0. The number of carbonyl (C=O) groups is 1.